The fraction of sp³-hybridized carbons (Fsp3) is 1.00. The molecule has 0 radical (unpaired) electrons. The molecule has 0 aromatic carbocycles. The average molecular weight is 277 g/mol. The topological polar surface area (TPSA) is 55.4 Å². The maximum atomic E-state index is 11.2. The van der Waals surface area contributed by atoms with Crippen LogP contribution in [0.1, 0.15) is 39.5 Å². The first-order valence-electron chi connectivity index (χ1n) is 6.95. The maximum absolute atomic E-state index is 11.2. The molecule has 0 aliphatic carbocycles. The highest BCUT2D eigenvalue weighted by molar-refractivity contribution is 7.90. The van der Waals surface area contributed by atoms with E-state index in [-0.39, 0.29) is 0 Å². The molecule has 0 saturated carbocycles. The summed E-state index contributed by atoms with van der Waals surface area (Å²) in [6.07, 6.45) is 5.50. The van der Waals surface area contributed by atoms with Crippen LogP contribution < -0.4 is 5.32 Å². The van der Waals surface area contributed by atoms with E-state index in [0.717, 1.165) is 38.8 Å². The number of rotatable bonds is 8. The van der Waals surface area contributed by atoms with Crippen molar-refractivity contribution < 1.29 is 13.2 Å². The normalized spacial score (nSPS) is 26.4. The SMILES string of the molecule is CCCNC(CCCS(C)(=O)=O)C1COC(C)C1. The lowest BCUT2D eigenvalue weighted by molar-refractivity contribution is 0.116. The van der Waals surface area contributed by atoms with E-state index in [0.29, 0.717) is 23.8 Å². The Bertz CT molecular complexity index is 329. The molecule has 108 valence electrons. The zero-order chi connectivity index (χ0) is 13.6. The molecule has 1 fully saturated rings. The summed E-state index contributed by atoms with van der Waals surface area (Å²) < 4.78 is 27.9. The second-order valence-electron chi connectivity index (χ2n) is 5.47. The summed E-state index contributed by atoms with van der Waals surface area (Å²) in [6, 6.07) is 0.400. The van der Waals surface area contributed by atoms with E-state index in [9.17, 15) is 8.42 Å². The summed E-state index contributed by atoms with van der Waals surface area (Å²) in [5, 5.41) is 3.54. The van der Waals surface area contributed by atoms with Gasteiger partial charge in [0.25, 0.3) is 0 Å². The van der Waals surface area contributed by atoms with E-state index in [4.69, 9.17) is 4.74 Å². The van der Waals surface area contributed by atoms with Gasteiger partial charge in [-0.15, -0.1) is 0 Å². The Morgan fingerprint density at radius 1 is 1.44 bits per heavy atom. The molecule has 1 saturated heterocycles. The smallest absolute Gasteiger partial charge is 0.147 e. The van der Waals surface area contributed by atoms with Gasteiger partial charge in [-0.25, -0.2) is 8.42 Å². The lowest BCUT2D eigenvalue weighted by atomic mass is 9.93. The molecule has 1 aliphatic heterocycles. The quantitative estimate of drug-likeness (QED) is 0.732. The van der Waals surface area contributed by atoms with Crippen molar-refractivity contribution in [3.8, 4) is 0 Å². The summed E-state index contributed by atoms with van der Waals surface area (Å²) >= 11 is 0. The van der Waals surface area contributed by atoms with Crippen LogP contribution in [-0.4, -0.2) is 45.7 Å². The lowest BCUT2D eigenvalue weighted by Gasteiger charge is -2.23. The van der Waals surface area contributed by atoms with Crippen molar-refractivity contribution in [3.63, 3.8) is 0 Å². The first-order chi connectivity index (χ1) is 8.42. The van der Waals surface area contributed by atoms with Crippen LogP contribution in [0.15, 0.2) is 0 Å². The Hall–Kier alpha value is -0.130. The maximum Gasteiger partial charge on any atom is 0.147 e. The monoisotopic (exact) mass is 277 g/mol. The molecule has 4 nitrogen and oxygen atoms in total. The number of ether oxygens (including phenoxy) is 1. The van der Waals surface area contributed by atoms with E-state index in [2.05, 4.69) is 19.2 Å². The van der Waals surface area contributed by atoms with Gasteiger partial charge in [0, 0.05) is 24.0 Å². The van der Waals surface area contributed by atoms with Crippen LogP contribution in [0.3, 0.4) is 0 Å². The molecule has 1 aliphatic rings. The van der Waals surface area contributed by atoms with Crippen molar-refractivity contribution in [2.45, 2.75) is 51.7 Å². The van der Waals surface area contributed by atoms with Crippen LogP contribution in [-0.2, 0) is 14.6 Å². The predicted molar refractivity (Wildman–Crippen MR) is 74.5 cm³/mol. The van der Waals surface area contributed by atoms with Crippen molar-refractivity contribution in [1.82, 2.24) is 5.32 Å². The fourth-order valence-corrected chi connectivity index (χ4v) is 3.22. The molecule has 3 atom stereocenters. The summed E-state index contributed by atoms with van der Waals surface area (Å²) in [7, 11) is -2.83. The van der Waals surface area contributed by atoms with Gasteiger partial charge in [0.1, 0.15) is 9.84 Å². The highest BCUT2D eigenvalue weighted by atomic mass is 32.2. The third-order valence-electron chi connectivity index (χ3n) is 3.49. The van der Waals surface area contributed by atoms with Gasteiger partial charge in [0.2, 0.25) is 0 Å². The Morgan fingerprint density at radius 3 is 2.67 bits per heavy atom. The van der Waals surface area contributed by atoms with Gasteiger partial charge in [0.15, 0.2) is 0 Å². The number of sulfone groups is 1. The zero-order valence-electron chi connectivity index (χ0n) is 11.8. The zero-order valence-corrected chi connectivity index (χ0v) is 12.6. The van der Waals surface area contributed by atoms with Gasteiger partial charge >= 0.3 is 0 Å². The molecule has 0 amide bonds. The van der Waals surface area contributed by atoms with Crippen LogP contribution in [0.2, 0.25) is 0 Å². The van der Waals surface area contributed by atoms with Crippen LogP contribution in [0.25, 0.3) is 0 Å². The molecule has 18 heavy (non-hydrogen) atoms. The van der Waals surface area contributed by atoms with E-state index >= 15 is 0 Å². The van der Waals surface area contributed by atoms with Gasteiger partial charge < -0.3 is 10.1 Å². The van der Waals surface area contributed by atoms with Crippen LogP contribution >= 0.6 is 0 Å². The highest BCUT2D eigenvalue weighted by Crippen LogP contribution is 2.24. The molecule has 0 aromatic rings. The molecule has 1 rings (SSSR count). The van der Waals surface area contributed by atoms with Gasteiger partial charge in [-0.2, -0.15) is 0 Å². The minimum absolute atomic E-state index is 0.292. The van der Waals surface area contributed by atoms with Crippen LogP contribution in [0, 0.1) is 5.92 Å². The molecule has 1 N–H and O–H groups in total. The minimum Gasteiger partial charge on any atom is -0.378 e. The third-order valence-corrected chi connectivity index (χ3v) is 4.52. The Kier molecular flexibility index (Phi) is 6.60. The summed E-state index contributed by atoms with van der Waals surface area (Å²) in [5.74, 6) is 0.826. The van der Waals surface area contributed by atoms with Gasteiger partial charge in [0.05, 0.1) is 12.7 Å². The largest absolute Gasteiger partial charge is 0.378 e. The highest BCUT2D eigenvalue weighted by Gasteiger charge is 2.28. The van der Waals surface area contributed by atoms with Gasteiger partial charge in [-0.3, -0.25) is 0 Å². The van der Waals surface area contributed by atoms with E-state index in [1.165, 1.54) is 6.26 Å². The van der Waals surface area contributed by atoms with E-state index < -0.39 is 9.84 Å². The molecular formula is C13H27NO3S. The van der Waals surface area contributed by atoms with Crippen LogP contribution in [0.5, 0.6) is 0 Å². The summed E-state index contributed by atoms with van der Waals surface area (Å²) in [4.78, 5) is 0. The molecule has 3 unspecified atom stereocenters. The fourth-order valence-electron chi connectivity index (χ4n) is 2.53. The van der Waals surface area contributed by atoms with Crippen molar-refractivity contribution in [2.75, 3.05) is 25.2 Å². The molecule has 0 spiro atoms. The number of hydrogen-bond donors (Lipinski definition) is 1. The Balaban J connectivity index is 2.40. The van der Waals surface area contributed by atoms with Crippen molar-refractivity contribution in [3.05, 3.63) is 0 Å². The lowest BCUT2D eigenvalue weighted by Crippen LogP contribution is -2.37. The third kappa shape index (κ3) is 6.16. The van der Waals surface area contributed by atoms with Crippen LogP contribution in [0.4, 0.5) is 0 Å². The molecule has 1 heterocycles. The first-order valence-corrected chi connectivity index (χ1v) is 9.01. The second-order valence-corrected chi connectivity index (χ2v) is 7.73. The molecule has 0 bridgehead atoms. The van der Waals surface area contributed by atoms with E-state index in [1.807, 2.05) is 0 Å². The standard InChI is InChI=1S/C13H27NO3S/c1-4-7-14-13(6-5-8-18(3,15)16)12-9-11(2)17-10-12/h11-14H,4-10H2,1-3H3. The molecule has 0 aromatic heterocycles. The van der Waals surface area contributed by atoms with Crippen molar-refractivity contribution >= 4 is 9.84 Å². The summed E-state index contributed by atoms with van der Waals surface area (Å²) in [5.41, 5.74) is 0. The molecular weight excluding hydrogens is 250 g/mol. The minimum atomic E-state index is -2.83. The Morgan fingerprint density at radius 2 is 2.17 bits per heavy atom. The van der Waals surface area contributed by atoms with Crippen molar-refractivity contribution in [1.29, 1.82) is 0 Å². The Labute approximate surface area is 111 Å². The predicted octanol–water partition coefficient (Wildman–Crippen LogP) is 1.60. The van der Waals surface area contributed by atoms with Gasteiger partial charge in [-0.05, 0) is 39.2 Å². The van der Waals surface area contributed by atoms with Gasteiger partial charge in [-0.1, -0.05) is 6.92 Å². The molecule has 5 heteroatoms. The number of nitrogens with one attached hydrogen (secondary N) is 1. The summed E-state index contributed by atoms with van der Waals surface area (Å²) in [6.45, 7) is 6.05. The number of hydrogen-bond acceptors (Lipinski definition) is 4. The van der Waals surface area contributed by atoms with Crippen molar-refractivity contribution in [2.24, 2.45) is 5.92 Å². The average Bonchev–Trinajstić information content (AvgIpc) is 2.68. The first kappa shape index (κ1) is 15.9. The second kappa shape index (κ2) is 7.46. The van der Waals surface area contributed by atoms with E-state index in [1.54, 1.807) is 0 Å².